The highest BCUT2D eigenvalue weighted by Gasteiger charge is 2.38. The average Bonchev–Trinajstić information content (AvgIpc) is 3.18. The first-order valence-electron chi connectivity index (χ1n) is 7.90. The predicted molar refractivity (Wildman–Crippen MR) is 86.4 cm³/mol. The van der Waals surface area contributed by atoms with E-state index in [-0.39, 0.29) is 11.8 Å². The Balaban J connectivity index is 1.68. The van der Waals surface area contributed by atoms with Crippen molar-refractivity contribution >= 4 is 5.91 Å². The number of carbonyl (C=O) groups excluding carboxylic acids is 1. The predicted octanol–water partition coefficient (Wildman–Crippen LogP) is 2.82. The summed E-state index contributed by atoms with van der Waals surface area (Å²) < 4.78 is 2.02. The number of hydrogen-bond donors (Lipinski definition) is 1. The third kappa shape index (κ3) is 3.06. The van der Waals surface area contributed by atoms with Crippen molar-refractivity contribution in [2.45, 2.75) is 40.3 Å². The summed E-state index contributed by atoms with van der Waals surface area (Å²) in [6.07, 6.45) is 1.02. The molecule has 2 aromatic rings. The molecule has 1 aliphatic carbocycles. The number of aromatic nitrogens is 2. The normalized spacial score (nSPS) is 20.0. The van der Waals surface area contributed by atoms with Gasteiger partial charge in [-0.05, 0) is 31.7 Å². The molecule has 4 nitrogen and oxygen atoms in total. The lowest BCUT2D eigenvalue weighted by Crippen LogP contribution is -2.25. The molecule has 1 amide bonds. The molecule has 2 atom stereocenters. The molecular weight excluding hydrogens is 274 g/mol. The van der Waals surface area contributed by atoms with Gasteiger partial charge in [0.05, 0.1) is 12.2 Å². The lowest BCUT2D eigenvalue weighted by Gasteiger charge is -2.07. The van der Waals surface area contributed by atoms with Crippen molar-refractivity contribution in [3.8, 4) is 0 Å². The Kier molecular flexibility index (Phi) is 4.01. The summed E-state index contributed by atoms with van der Waals surface area (Å²) in [4.78, 5) is 12.0. The van der Waals surface area contributed by atoms with Crippen molar-refractivity contribution in [1.82, 2.24) is 15.1 Å². The monoisotopic (exact) mass is 297 g/mol. The van der Waals surface area contributed by atoms with E-state index in [1.807, 2.05) is 29.8 Å². The maximum atomic E-state index is 12.0. The number of hydrogen-bond acceptors (Lipinski definition) is 2. The summed E-state index contributed by atoms with van der Waals surface area (Å²) in [5.74, 6) is 0.949. The summed E-state index contributed by atoms with van der Waals surface area (Å²) in [6.45, 7) is 7.55. The SMILES string of the molecule is Cc1nn(Cc2ccccc2)c(C)c1CNC(=O)C1CC1C. The zero-order valence-corrected chi connectivity index (χ0v) is 13.5. The van der Waals surface area contributed by atoms with E-state index in [1.54, 1.807) is 0 Å². The van der Waals surface area contributed by atoms with Gasteiger partial charge in [-0.3, -0.25) is 9.48 Å². The minimum Gasteiger partial charge on any atom is -0.352 e. The van der Waals surface area contributed by atoms with Crippen molar-refractivity contribution in [1.29, 1.82) is 0 Å². The Hall–Kier alpha value is -2.10. The van der Waals surface area contributed by atoms with E-state index < -0.39 is 0 Å². The topological polar surface area (TPSA) is 46.9 Å². The highest BCUT2D eigenvalue weighted by atomic mass is 16.2. The van der Waals surface area contributed by atoms with Gasteiger partial charge in [0, 0.05) is 23.7 Å². The van der Waals surface area contributed by atoms with Crippen LogP contribution in [0.2, 0.25) is 0 Å². The number of carbonyl (C=O) groups is 1. The van der Waals surface area contributed by atoms with Gasteiger partial charge in [0.25, 0.3) is 0 Å². The third-order valence-corrected chi connectivity index (χ3v) is 4.59. The van der Waals surface area contributed by atoms with Crippen LogP contribution in [0, 0.1) is 25.7 Å². The van der Waals surface area contributed by atoms with Crippen LogP contribution in [0.25, 0.3) is 0 Å². The Labute approximate surface area is 131 Å². The summed E-state index contributed by atoms with van der Waals surface area (Å²) in [5, 5.41) is 7.68. The van der Waals surface area contributed by atoms with Gasteiger partial charge in [0.2, 0.25) is 5.91 Å². The first-order valence-corrected chi connectivity index (χ1v) is 7.90. The van der Waals surface area contributed by atoms with Crippen molar-refractivity contribution in [2.75, 3.05) is 0 Å². The lowest BCUT2D eigenvalue weighted by molar-refractivity contribution is -0.122. The minimum atomic E-state index is 0.183. The summed E-state index contributed by atoms with van der Waals surface area (Å²) >= 11 is 0. The van der Waals surface area contributed by atoms with E-state index in [0.29, 0.717) is 12.5 Å². The molecule has 0 spiro atoms. The molecule has 0 bridgehead atoms. The summed E-state index contributed by atoms with van der Waals surface area (Å²) in [7, 11) is 0. The highest BCUT2D eigenvalue weighted by molar-refractivity contribution is 5.81. The standard InChI is InChI=1S/C18H23N3O/c1-12-9-16(12)18(22)19-10-17-13(2)20-21(14(17)3)11-15-7-5-4-6-8-15/h4-8,12,16H,9-11H2,1-3H3,(H,19,22). The van der Waals surface area contributed by atoms with Crippen molar-refractivity contribution in [3.63, 3.8) is 0 Å². The number of aryl methyl sites for hydroxylation is 1. The van der Waals surface area contributed by atoms with E-state index in [9.17, 15) is 4.79 Å². The molecule has 1 aliphatic rings. The second-order valence-corrected chi connectivity index (χ2v) is 6.33. The zero-order valence-electron chi connectivity index (χ0n) is 13.5. The molecule has 0 aliphatic heterocycles. The summed E-state index contributed by atoms with van der Waals surface area (Å²) in [5.41, 5.74) is 4.50. The fraction of sp³-hybridized carbons (Fsp3) is 0.444. The Morgan fingerprint density at radius 2 is 2.00 bits per heavy atom. The van der Waals surface area contributed by atoms with Crippen LogP contribution >= 0.6 is 0 Å². The molecule has 22 heavy (non-hydrogen) atoms. The molecular formula is C18H23N3O. The Morgan fingerprint density at radius 1 is 1.32 bits per heavy atom. The molecule has 0 saturated heterocycles. The molecule has 1 aromatic heterocycles. The molecule has 1 fully saturated rings. The molecule has 1 aromatic carbocycles. The number of nitrogens with zero attached hydrogens (tertiary/aromatic N) is 2. The van der Waals surface area contributed by atoms with Crippen LogP contribution in [-0.2, 0) is 17.9 Å². The largest absolute Gasteiger partial charge is 0.352 e. The van der Waals surface area contributed by atoms with Gasteiger partial charge in [-0.25, -0.2) is 0 Å². The van der Waals surface area contributed by atoms with Crippen molar-refractivity contribution in [3.05, 3.63) is 52.8 Å². The number of rotatable bonds is 5. The van der Waals surface area contributed by atoms with Crippen LogP contribution in [0.3, 0.4) is 0 Å². The van der Waals surface area contributed by atoms with Gasteiger partial charge in [-0.1, -0.05) is 37.3 Å². The molecule has 2 unspecified atom stereocenters. The Morgan fingerprint density at radius 3 is 2.64 bits per heavy atom. The van der Waals surface area contributed by atoms with Crippen LogP contribution in [0.5, 0.6) is 0 Å². The van der Waals surface area contributed by atoms with E-state index >= 15 is 0 Å². The third-order valence-electron chi connectivity index (χ3n) is 4.59. The molecule has 4 heteroatoms. The lowest BCUT2D eigenvalue weighted by atomic mass is 10.2. The molecule has 3 rings (SSSR count). The van der Waals surface area contributed by atoms with Crippen molar-refractivity contribution in [2.24, 2.45) is 11.8 Å². The van der Waals surface area contributed by atoms with Gasteiger partial charge in [0.1, 0.15) is 0 Å². The maximum absolute atomic E-state index is 12.0. The van der Waals surface area contributed by atoms with Crippen LogP contribution in [0.15, 0.2) is 30.3 Å². The van der Waals surface area contributed by atoms with Gasteiger partial charge in [-0.15, -0.1) is 0 Å². The van der Waals surface area contributed by atoms with E-state index in [1.165, 1.54) is 5.56 Å². The van der Waals surface area contributed by atoms with Gasteiger partial charge in [0.15, 0.2) is 0 Å². The molecule has 0 radical (unpaired) electrons. The molecule has 116 valence electrons. The van der Waals surface area contributed by atoms with Crippen LogP contribution in [-0.4, -0.2) is 15.7 Å². The van der Waals surface area contributed by atoms with Crippen LogP contribution in [0.4, 0.5) is 0 Å². The number of amides is 1. The van der Waals surface area contributed by atoms with Crippen molar-refractivity contribution < 1.29 is 4.79 Å². The minimum absolute atomic E-state index is 0.183. The quantitative estimate of drug-likeness (QED) is 0.922. The first-order chi connectivity index (χ1) is 10.6. The zero-order chi connectivity index (χ0) is 15.7. The fourth-order valence-electron chi connectivity index (χ4n) is 2.89. The molecule has 1 heterocycles. The van der Waals surface area contributed by atoms with E-state index in [0.717, 1.165) is 29.9 Å². The number of nitrogens with one attached hydrogen (secondary N) is 1. The average molecular weight is 297 g/mol. The second kappa shape index (κ2) is 5.95. The molecule has 1 saturated carbocycles. The maximum Gasteiger partial charge on any atom is 0.223 e. The van der Waals surface area contributed by atoms with Gasteiger partial charge >= 0.3 is 0 Å². The fourth-order valence-corrected chi connectivity index (χ4v) is 2.89. The first kappa shape index (κ1) is 14.8. The second-order valence-electron chi connectivity index (χ2n) is 6.33. The van der Waals surface area contributed by atoms with Gasteiger partial charge < -0.3 is 5.32 Å². The Bertz CT molecular complexity index is 675. The molecule has 1 N–H and O–H groups in total. The smallest absolute Gasteiger partial charge is 0.223 e. The van der Waals surface area contributed by atoms with Crippen LogP contribution < -0.4 is 5.32 Å². The highest BCUT2D eigenvalue weighted by Crippen LogP contribution is 2.37. The van der Waals surface area contributed by atoms with E-state index in [4.69, 9.17) is 0 Å². The van der Waals surface area contributed by atoms with Crippen LogP contribution in [0.1, 0.15) is 35.9 Å². The van der Waals surface area contributed by atoms with Gasteiger partial charge in [-0.2, -0.15) is 5.10 Å². The van der Waals surface area contributed by atoms with E-state index in [2.05, 4.69) is 36.4 Å². The number of benzene rings is 1. The summed E-state index contributed by atoms with van der Waals surface area (Å²) in [6, 6.07) is 10.3.